The Labute approximate surface area is 123 Å². The van der Waals surface area contributed by atoms with E-state index in [4.69, 9.17) is 9.84 Å². The maximum absolute atomic E-state index is 10.8. The molecule has 0 fully saturated rings. The van der Waals surface area contributed by atoms with Gasteiger partial charge in [0.1, 0.15) is 17.4 Å². The van der Waals surface area contributed by atoms with E-state index >= 15 is 0 Å². The third-order valence-corrected chi connectivity index (χ3v) is 3.20. The normalized spacial score (nSPS) is 10.7. The number of hydrogen-bond acceptors (Lipinski definition) is 6. The Hall–Kier alpha value is -2.74. The zero-order valence-corrected chi connectivity index (χ0v) is 11.4. The second-order valence-electron chi connectivity index (χ2n) is 3.87. The zero-order chi connectivity index (χ0) is 15.2. The Morgan fingerprint density at radius 2 is 2.33 bits per heavy atom. The van der Waals surface area contributed by atoms with Gasteiger partial charge in [0.2, 0.25) is 0 Å². The third-order valence-electron chi connectivity index (χ3n) is 2.44. The summed E-state index contributed by atoms with van der Waals surface area (Å²) in [6.07, 6.45) is 3.80. The predicted molar refractivity (Wildman–Crippen MR) is 76.2 cm³/mol. The number of rotatable bonds is 6. The van der Waals surface area contributed by atoms with Crippen molar-refractivity contribution in [2.45, 2.75) is 6.61 Å². The number of carboxylic acid groups (broad SMARTS) is 1. The molecule has 0 bridgehead atoms. The van der Waals surface area contributed by atoms with Gasteiger partial charge in [-0.3, -0.25) is 10.1 Å². The van der Waals surface area contributed by atoms with E-state index in [0.717, 1.165) is 11.1 Å². The minimum atomic E-state index is -1.15. The van der Waals surface area contributed by atoms with Crippen molar-refractivity contribution in [2.75, 3.05) is 0 Å². The second kappa shape index (κ2) is 6.62. The van der Waals surface area contributed by atoms with Gasteiger partial charge in [-0.05, 0) is 12.1 Å². The Bertz CT molecular complexity index is 682. The van der Waals surface area contributed by atoms with E-state index in [1.54, 1.807) is 11.6 Å². The Morgan fingerprint density at radius 3 is 2.95 bits per heavy atom. The molecule has 1 aromatic heterocycles. The first-order valence-electron chi connectivity index (χ1n) is 5.77. The number of ether oxygens (including phenoxy) is 1. The molecule has 0 aliphatic rings. The van der Waals surface area contributed by atoms with Crippen LogP contribution in [0.25, 0.3) is 6.08 Å². The molecule has 8 heteroatoms. The van der Waals surface area contributed by atoms with Gasteiger partial charge >= 0.3 is 5.97 Å². The molecular formula is C13H10N2O5S. The highest BCUT2D eigenvalue weighted by molar-refractivity contribution is 7.09. The highest BCUT2D eigenvalue weighted by Gasteiger charge is 2.11. The van der Waals surface area contributed by atoms with Crippen molar-refractivity contribution in [3.63, 3.8) is 0 Å². The summed E-state index contributed by atoms with van der Waals surface area (Å²) in [7, 11) is 0. The van der Waals surface area contributed by atoms with Crippen LogP contribution in [0.2, 0.25) is 0 Å². The molecular weight excluding hydrogens is 296 g/mol. The first-order chi connectivity index (χ1) is 10.1. The Morgan fingerprint density at radius 1 is 1.52 bits per heavy atom. The van der Waals surface area contributed by atoms with Crippen LogP contribution in [0.5, 0.6) is 5.75 Å². The summed E-state index contributed by atoms with van der Waals surface area (Å²) in [5, 5.41) is 22.0. The van der Waals surface area contributed by atoms with Crippen LogP contribution in [0.1, 0.15) is 10.6 Å². The maximum Gasteiger partial charge on any atom is 0.328 e. The SMILES string of the molecule is O=C(O)/C=C/c1cc([N+](=O)[O-])ccc1OCc1nccs1. The monoisotopic (exact) mass is 306 g/mol. The average Bonchev–Trinajstić information content (AvgIpc) is 2.96. The first kappa shape index (κ1) is 14.7. The lowest BCUT2D eigenvalue weighted by Gasteiger charge is -2.07. The molecule has 21 heavy (non-hydrogen) atoms. The quantitative estimate of drug-likeness (QED) is 0.500. The van der Waals surface area contributed by atoms with Crippen molar-refractivity contribution in [2.24, 2.45) is 0 Å². The van der Waals surface area contributed by atoms with Crippen molar-refractivity contribution in [3.8, 4) is 5.75 Å². The highest BCUT2D eigenvalue weighted by atomic mass is 32.1. The molecule has 108 valence electrons. The van der Waals surface area contributed by atoms with Gasteiger partial charge in [0.05, 0.1) is 4.92 Å². The maximum atomic E-state index is 10.8. The van der Waals surface area contributed by atoms with Gasteiger partial charge in [-0.25, -0.2) is 9.78 Å². The number of nitro groups is 1. The fraction of sp³-hybridized carbons (Fsp3) is 0.0769. The Balaban J connectivity index is 2.25. The van der Waals surface area contributed by atoms with Gasteiger partial charge < -0.3 is 9.84 Å². The zero-order valence-electron chi connectivity index (χ0n) is 10.6. The van der Waals surface area contributed by atoms with Crippen molar-refractivity contribution < 1.29 is 19.6 Å². The predicted octanol–water partition coefficient (Wildman–Crippen LogP) is 2.73. The molecule has 1 heterocycles. The van der Waals surface area contributed by atoms with Crippen LogP contribution in [0, 0.1) is 10.1 Å². The van der Waals surface area contributed by atoms with Gasteiger partial charge in [0, 0.05) is 35.3 Å². The number of aromatic nitrogens is 1. The van der Waals surface area contributed by atoms with E-state index in [1.807, 2.05) is 0 Å². The number of nitro benzene ring substituents is 1. The van der Waals surface area contributed by atoms with Crippen molar-refractivity contribution in [1.29, 1.82) is 0 Å². The van der Waals surface area contributed by atoms with E-state index < -0.39 is 10.9 Å². The van der Waals surface area contributed by atoms with E-state index in [0.29, 0.717) is 11.3 Å². The van der Waals surface area contributed by atoms with Gasteiger partial charge in [-0.15, -0.1) is 11.3 Å². The molecule has 0 saturated heterocycles. The smallest absolute Gasteiger partial charge is 0.328 e. The Kier molecular flexibility index (Phi) is 4.62. The van der Waals surface area contributed by atoms with Crippen molar-refractivity contribution >= 4 is 29.1 Å². The summed E-state index contributed by atoms with van der Waals surface area (Å²) in [5.41, 5.74) is 0.185. The summed E-state index contributed by atoms with van der Waals surface area (Å²) < 4.78 is 5.53. The summed E-state index contributed by atoms with van der Waals surface area (Å²) in [5.74, 6) is -0.791. The first-order valence-corrected chi connectivity index (χ1v) is 6.65. The van der Waals surface area contributed by atoms with Crippen LogP contribution < -0.4 is 4.74 Å². The number of carbonyl (C=O) groups is 1. The number of non-ortho nitro benzene ring substituents is 1. The van der Waals surface area contributed by atoms with Crippen molar-refractivity contribution in [3.05, 3.63) is 56.5 Å². The van der Waals surface area contributed by atoms with E-state index in [1.165, 1.54) is 35.6 Å². The molecule has 0 spiro atoms. The topological polar surface area (TPSA) is 103 Å². The molecule has 0 amide bonds. The minimum Gasteiger partial charge on any atom is -0.486 e. The van der Waals surface area contributed by atoms with Crippen LogP contribution in [-0.2, 0) is 11.4 Å². The van der Waals surface area contributed by atoms with E-state index in [9.17, 15) is 14.9 Å². The molecule has 1 aromatic carbocycles. The number of hydrogen-bond donors (Lipinski definition) is 1. The number of thiazole rings is 1. The van der Waals surface area contributed by atoms with Gasteiger partial charge in [0.15, 0.2) is 0 Å². The van der Waals surface area contributed by atoms with E-state index in [-0.39, 0.29) is 12.3 Å². The standard InChI is InChI=1S/C13H10N2O5S/c16-13(17)4-1-9-7-10(15(18)19)2-3-11(9)20-8-12-14-5-6-21-12/h1-7H,8H2,(H,16,17)/b4-1+. The molecule has 0 saturated carbocycles. The molecule has 2 rings (SSSR count). The molecule has 0 unspecified atom stereocenters. The lowest BCUT2D eigenvalue weighted by atomic mass is 10.1. The fourth-order valence-corrected chi connectivity index (χ4v) is 2.06. The summed E-state index contributed by atoms with van der Waals surface area (Å²) >= 11 is 1.42. The lowest BCUT2D eigenvalue weighted by molar-refractivity contribution is -0.384. The van der Waals surface area contributed by atoms with Crippen LogP contribution >= 0.6 is 11.3 Å². The van der Waals surface area contributed by atoms with Crippen LogP contribution in [0.15, 0.2) is 35.9 Å². The molecule has 0 aliphatic carbocycles. The minimum absolute atomic E-state index is 0.137. The van der Waals surface area contributed by atoms with Crippen LogP contribution in [-0.4, -0.2) is 21.0 Å². The fourth-order valence-electron chi connectivity index (χ4n) is 1.54. The van der Waals surface area contributed by atoms with Gasteiger partial charge in [-0.2, -0.15) is 0 Å². The highest BCUT2D eigenvalue weighted by Crippen LogP contribution is 2.26. The average molecular weight is 306 g/mol. The summed E-state index contributed by atoms with van der Waals surface area (Å²) in [6.45, 7) is 0.212. The number of aliphatic carboxylic acids is 1. The number of nitrogens with zero attached hydrogens (tertiary/aromatic N) is 2. The largest absolute Gasteiger partial charge is 0.486 e. The van der Waals surface area contributed by atoms with Crippen LogP contribution in [0.3, 0.4) is 0 Å². The van der Waals surface area contributed by atoms with E-state index in [2.05, 4.69) is 4.98 Å². The lowest BCUT2D eigenvalue weighted by Crippen LogP contribution is -1.98. The molecule has 0 aliphatic heterocycles. The number of benzene rings is 1. The van der Waals surface area contributed by atoms with Crippen molar-refractivity contribution in [1.82, 2.24) is 4.98 Å². The van der Waals surface area contributed by atoms with Gasteiger partial charge in [-0.1, -0.05) is 0 Å². The van der Waals surface area contributed by atoms with Crippen LogP contribution in [0.4, 0.5) is 5.69 Å². The second-order valence-corrected chi connectivity index (χ2v) is 4.84. The third kappa shape index (κ3) is 4.11. The molecule has 0 atom stereocenters. The molecule has 0 radical (unpaired) electrons. The summed E-state index contributed by atoms with van der Waals surface area (Å²) in [6, 6.07) is 4.00. The summed E-state index contributed by atoms with van der Waals surface area (Å²) in [4.78, 5) is 24.8. The molecule has 7 nitrogen and oxygen atoms in total. The molecule has 1 N–H and O–H groups in total. The number of carboxylic acids is 1. The molecule has 2 aromatic rings. The van der Waals surface area contributed by atoms with Gasteiger partial charge in [0.25, 0.3) is 5.69 Å².